The molecule has 2 aromatic carbocycles. The Balaban J connectivity index is 1.70. The zero-order chi connectivity index (χ0) is 25.5. The number of carbonyl (C=O) groups is 2. The first-order chi connectivity index (χ1) is 16.5. The van der Waals surface area contributed by atoms with Crippen LogP contribution in [0.4, 0.5) is 17.6 Å². The van der Waals surface area contributed by atoms with Crippen LogP contribution in [0.25, 0.3) is 0 Å². The van der Waals surface area contributed by atoms with Gasteiger partial charge in [0.05, 0.1) is 40.5 Å². The molecule has 3 N–H and O–H groups in total. The molecule has 0 atom stereocenters. The SMILES string of the molecule is N=C(C1=C(NC(=O)c2c(Cl)cccc2C2(C(F)(F)F)CC2)COCC1)c1ccc(C(=O)O)cc1F. The second-order valence-electron chi connectivity index (χ2n) is 8.33. The fraction of sp³-hybridized carbons (Fsp3) is 0.292. The molecule has 0 saturated heterocycles. The van der Waals surface area contributed by atoms with Gasteiger partial charge in [-0.3, -0.25) is 10.2 Å². The van der Waals surface area contributed by atoms with Crippen LogP contribution in [-0.4, -0.2) is 42.1 Å². The topological polar surface area (TPSA) is 99.5 Å². The maximum atomic E-state index is 14.6. The van der Waals surface area contributed by atoms with Gasteiger partial charge in [-0.05, 0) is 49.1 Å². The number of amides is 1. The Morgan fingerprint density at radius 1 is 1.17 bits per heavy atom. The Bertz CT molecular complexity index is 1270. The van der Waals surface area contributed by atoms with E-state index in [4.69, 9.17) is 26.9 Å². The fourth-order valence-electron chi connectivity index (χ4n) is 4.17. The van der Waals surface area contributed by atoms with Gasteiger partial charge in [-0.1, -0.05) is 23.7 Å². The molecule has 0 spiro atoms. The van der Waals surface area contributed by atoms with E-state index >= 15 is 0 Å². The Hall–Kier alpha value is -3.24. The molecule has 184 valence electrons. The minimum absolute atomic E-state index is 0.0932. The number of carbonyl (C=O) groups excluding carboxylic acids is 1. The molecule has 1 fully saturated rings. The molecule has 0 unspecified atom stereocenters. The molecule has 0 bridgehead atoms. The lowest BCUT2D eigenvalue weighted by Gasteiger charge is -2.25. The molecule has 1 aliphatic heterocycles. The monoisotopic (exact) mass is 510 g/mol. The molecule has 0 aromatic heterocycles. The largest absolute Gasteiger partial charge is 0.478 e. The molecule has 6 nitrogen and oxygen atoms in total. The van der Waals surface area contributed by atoms with Crippen molar-refractivity contribution in [2.45, 2.75) is 30.9 Å². The fourth-order valence-corrected chi connectivity index (χ4v) is 4.43. The molecular formula is C24H19ClF4N2O4. The Labute approximate surface area is 202 Å². The summed E-state index contributed by atoms with van der Waals surface area (Å²) in [7, 11) is 0. The average molecular weight is 511 g/mol. The number of carboxylic acids is 1. The summed E-state index contributed by atoms with van der Waals surface area (Å²) in [4.78, 5) is 24.2. The van der Waals surface area contributed by atoms with E-state index in [0.29, 0.717) is 0 Å². The smallest absolute Gasteiger partial charge is 0.398 e. The lowest BCUT2D eigenvalue weighted by Crippen LogP contribution is -2.35. The first kappa shape index (κ1) is 24.9. The quantitative estimate of drug-likeness (QED) is 0.365. The van der Waals surface area contributed by atoms with Crippen molar-refractivity contribution in [2.24, 2.45) is 0 Å². The number of benzene rings is 2. The van der Waals surface area contributed by atoms with Crippen LogP contribution in [0.3, 0.4) is 0 Å². The van der Waals surface area contributed by atoms with E-state index in [1.165, 1.54) is 18.2 Å². The van der Waals surface area contributed by atoms with Gasteiger partial charge in [-0.25, -0.2) is 9.18 Å². The molecule has 2 aliphatic rings. The number of carboxylic acid groups (broad SMARTS) is 1. The summed E-state index contributed by atoms with van der Waals surface area (Å²) in [5, 5.41) is 19.9. The number of hydrogen-bond acceptors (Lipinski definition) is 4. The molecule has 1 saturated carbocycles. The van der Waals surface area contributed by atoms with Gasteiger partial charge in [0.25, 0.3) is 5.91 Å². The van der Waals surface area contributed by atoms with E-state index in [-0.39, 0.29) is 76.7 Å². The summed E-state index contributed by atoms with van der Waals surface area (Å²) in [6.45, 7) is 0.00290. The van der Waals surface area contributed by atoms with Crippen LogP contribution in [0, 0.1) is 11.2 Å². The molecule has 2 aromatic rings. The number of alkyl halides is 3. The lowest BCUT2D eigenvalue weighted by molar-refractivity contribution is -0.160. The second kappa shape index (κ2) is 9.09. The Morgan fingerprint density at radius 2 is 1.89 bits per heavy atom. The molecule has 1 aliphatic carbocycles. The maximum Gasteiger partial charge on any atom is 0.398 e. The van der Waals surface area contributed by atoms with Gasteiger partial charge in [0.2, 0.25) is 0 Å². The predicted octanol–water partition coefficient (Wildman–Crippen LogP) is 5.24. The van der Waals surface area contributed by atoms with Crippen molar-refractivity contribution in [1.29, 1.82) is 5.41 Å². The number of hydrogen-bond donors (Lipinski definition) is 3. The van der Waals surface area contributed by atoms with Crippen LogP contribution in [0.1, 0.15) is 51.1 Å². The third kappa shape index (κ3) is 4.55. The first-order valence-electron chi connectivity index (χ1n) is 10.6. The summed E-state index contributed by atoms with van der Waals surface area (Å²) in [5.74, 6) is -3.16. The van der Waals surface area contributed by atoms with Crippen molar-refractivity contribution in [3.05, 3.63) is 80.8 Å². The molecular weight excluding hydrogens is 492 g/mol. The Morgan fingerprint density at radius 3 is 2.49 bits per heavy atom. The Kier molecular flexibility index (Phi) is 6.46. The van der Waals surface area contributed by atoms with Crippen molar-refractivity contribution in [2.75, 3.05) is 13.2 Å². The molecule has 4 rings (SSSR count). The van der Waals surface area contributed by atoms with E-state index in [1.807, 2.05) is 0 Å². The van der Waals surface area contributed by atoms with Gasteiger partial charge in [0, 0.05) is 16.8 Å². The zero-order valence-corrected chi connectivity index (χ0v) is 18.8. The van der Waals surface area contributed by atoms with Crippen molar-refractivity contribution < 1.29 is 37.0 Å². The van der Waals surface area contributed by atoms with Crippen molar-refractivity contribution in [1.82, 2.24) is 5.32 Å². The third-order valence-corrected chi connectivity index (χ3v) is 6.52. The van der Waals surface area contributed by atoms with Gasteiger partial charge in [0.1, 0.15) is 5.82 Å². The highest BCUT2D eigenvalue weighted by atomic mass is 35.5. The predicted molar refractivity (Wildman–Crippen MR) is 119 cm³/mol. The molecule has 11 heteroatoms. The van der Waals surface area contributed by atoms with Gasteiger partial charge in [-0.2, -0.15) is 13.2 Å². The third-order valence-electron chi connectivity index (χ3n) is 6.21. The molecule has 1 heterocycles. The number of nitrogens with one attached hydrogen (secondary N) is 2. The number of aromatic carboxylic acids is 1. The van der Waals surface area contributed by atoms with Crippen LogP contribution >= 0.6 is 11.6 Å². The molecule has 1 amide bonds. The maximum absolute atomic E-state index is 14.6. The van der Waals surface area contributed by atoms with E-state index in [1.54, 1.807) is 0 Å². The van der Waals surface area contributed by atoms with Gasteiger partial charge in [0.15, 0.2) is 0 Å². The van der Waals surface area contributed by atoms with Crippen molar-refractivity contribution >= 4 is 29.2 Å². The standard InChI is InChI=1S/C24H19ClF4N2O4/c25-16-3-1-2-15(23(7-8-23)24(27,28)29)19(16)21(32)31-18-11-35-9-6-14(18)20(30)13-5-4-12(22(33)34)10-17(13)26/h1-5,10,30H,6-9,11H2,(H,31,32)(H,33,34). The first-order valence-corrected chi connectivity index (χ1v) is 10.9. The van der Waals surface area contributed by atoms with Gasteiger partial charge in [-0.15, -0.1) is 0 Å². The van der Waals surface area contributed by atoms with Crippen LogP contribution in [-0.2, 0) is 10.2 Å². The summed E-state index contributed by atoms with van der Waals surface area (Å²) in [6.07, 6.45) is -4.77. The minimum Gasteiger partial charge on any atom is -0.478 e. The summed E-state index contributed by atoms with van der Waals surface area (Å²) in [6, 6.07) is 6.99. The van der Waals surface area contributed by atoms with Crippen LogP contribution in [0.15, 0.2) is 47.7 Å². The number of rotatable bonds is 6. The second-order valence-corrected chi connectivity index (χ2v) is 8.74. The highest BCUT2D eigenvalue weighted by Gasteiger charge is 2.65. The van der Waals surface area contributed by atoms with Gasteiger partial charge < -0.3 is 15.2 Å². The van der Waals surface area contributed by atoms with E-state index in [0.717, 1.165) is 18.2 Å². The lowest BCUT2D eigenvalue weighted by atomic mass is 9.90. The summed E-state index contributed by atoms with van der Waals surface area (Å²) in [5.41, 5.74) is -3.15. The highest BCUT2D eigenvalue weighted by Crippen LogP contribution is 2.60. The number of ether oxygens (including phenoxy) is 1. The van der Waals surface area contributed by atoms with E-state index < -0.39 is 29.3 Å². The van der Waals surface area contributed by atoms with Crippen LogP contribution in [0.5, 0.6) is 0 Å². The molecule has 35 heavy (non-hydrogen) atoms. The highest BCUT2D eigenvalue weighted by molar-refractivity contribution is 6.34. The number of halogens is 5. The summed E-state index contributed by atoms with van der Waals surface area (Å²) < 4.78 is 61.3. The van der Waals surface area contributed by atoms with Crippen molar-refractivity contribution in [3.63, 3.8) is 0 Å². The van der Waals surface area contributed by atoms with Crippen molar-refractivity contribution in [3.8, 4) is 0 Å². The molecule has 0 radical (unpaired) electrons. The van der Waals surface area contributed by atoms with Crippen LogP contribution in [0.2, 0.25) is 5.02 Å². The van der Waals surface area contributed by atoms with E-state index in [9.17, 15) is 27.2 Å². The van der Waals surface area contributed by atoms with E-state index in [2.05, 4.69) is 5.32 Å². The zero-order valence-electron chi connectivity index (χ0n) is 18.1. The van der Waals surface area contributed by atoms with Crippen LogP contribution < -0.4 is 5.32 Å². The summed E-state index contributed by atoms with van der Waals surface area (Å²) >= 11 is 6.17. The minimum atomic E-state index is -4.56. The van der Waals surface area contributed by atoms with Gasteiger partial charge >= 0.3 is 12.1 Å². The normalized spacial score (nSPS) is 17.2. The average Bonchev–Trinajstić information content (AvgIpc) is 3.61.